The molecule has 0 aromatic carbocycles. The zero-order chi connectivity index (χ0) is 15.8. The van der Waals surface area contributed by atoms with E-state index in [4.69, 9.17) is 0 Å². The molecule has 0 amide bonds. The largest absolute Gasteiger partial charge is 0.385 e. The van der Waals surface area contributed by atoms with Gasteiger partial charge < -0.3 is 0 Å². The molecule has 12 heteroatoms. The van der Waals surface area contributed by atoms with Gasteiger partial charge in [0, 0.05) is 0 Å². The van der Waals surface area contributed by atoms with Crippen molar-refractivity contribution in [3.05, 3.63) is 23.8 Å². The van der Waals surface area contributed by atoms with Crippen LogP contribution in [0.5, 0.6) is 0 Å². The minimum Gasteiger partial charge on any atom is -0.199 e. The monoisotopic (exact) mass is 312 g/mol. The Morgan fingerprint density at radius 2 is 0.684 bits per heavy atom. The first-order valence-electron chi connectivity index (χ1n) is 3.77. The lowest BCUT2D eigenvalue weighted by molar-refractivity contribution is -0.293. The van der Waals surface area contributed by atoms with Crippen LogP contribution in [0.2, 0.25) is 0 Å². The molecule has 0 aliphatic heterocycles. The lowest BCUT2D eigenvalue weighted by Gasteiger charge is -2.30. The van der Waals surface area contributed by atoms with E-state index >= 15 is 0 Å². The van der Waals surface area contributed by atoms with E-state index in [2.05, 4.69) is 0 Å². The topological polar surface area (TPSA) is 0 Å². The van der Waals surface area contributed by atoms with Gasteiger partial charge in [-0.05, 0) is 0 Å². The fourth-order valence-electron chi connectivity index (χ4n) is 0.710. The maximum absolute atomic E-state index is 12.5. The fraction of sp³-hybridized carbons (Fsp3) is 0.429. The van der Waals surface area contributed by atoms with Crippen LogP contribution in [0.15, 0.2) is 23.8 Å². The van der Waals surface area contributed by atoms with Gasteiger partial charge in [0.25, 0.3) is 0 Å². The molecular formula is C7F12. The molecular weight excluding hydrogens is 312 g/mol. The first kappa shape index (κ1) is 17.6. The van der Waals surface area contributed by atoms with E-state index in [1.165, 1.54) is 0 Å². The molecule has 0 radical (unpaired) electrons. The molecule has 0 rings (SSSR count). The summed E-state index contributed by atoms with van der Waals surface area (Å²) in [5, 5.41) is 0. The summed E-state index contributed by atoms with van der Waals surface area (Å²) in [6.07, 6.45) is -8.18. The second-order valence-electron chi connectivity index (χ2n) is 2.87. The summed E-state index contributed by atoms with van der Waals surface area (Å²) >= 11 is 0. The average Bonchev–Trinajstić information content (AvgIpc) is 2.25. The van der Waals surface area contributed by atoms with E-state index in [1.807, 2.05) is 0 Å². The van der Waals surface area contributed by atoms with Gasteiger partial charge in [-0.25, -0.2) is 0 Å². The predicted octanol–water partition coefficient (Wildman–Crippen LogP) is 5.05. The summed E-state index contributed by atoms with van der Waals surface area (Å²) in [5.41, 5.74) is 0. The zero-order valence-corrected chi connectivity index (χ0v) is 8.04. The van der Waals surface area contributed by atoms with Gasteiger partial charge in [0.15, 0.2) is 0 Å². The fourth-order valence-corrected chi connectivity index (χ4v) is 0.710. The van der Waals surface area contributed by atoms with Crippen LogP contribution in [0.25, 0.3) is 0 Å². The molecule has 0 aliphatic carbocycles. The van der Waals surface area contributed by atoms with E-state index in [-0.39, 0.29) is 0 Å². The first-order chi connectivity index (χ1) is 8.21. The normalized spacial score (nSPS) is 13.3. The summed E-state index contributed by atoms with van der Waals surface area (Å²) in [4.78, 5) is 0. The molecule has 0 atom stereocenters. The first-order valence-corrected chi connectivity index (χ1v) is 3.77. The van der Waals surface area contributed by atoms with Gasteiger partial charge in [-0.3, -0.25) is 0 Å². The minimum absolute atomic E-state index is 4.09. The highest BCUT2D eigenvalue weighted by atomic mass is 19.4. The van der Waals surface area contributed by atoms with Crippen LogP contribution in [0.3, 0.4) is 0 Å². The molecule has 19 heavy (non-hydrogen) atoms. The Morgan fingerprint density at radius 1 is 0.474 bits per heavy atom. The van der Waals surface area contributed by atoms with E-state index in [0.717, 1.165) is 0 Å². The highest BCUT2D eigenvalue weighted by Gasteiger charge is 2.77. The lowest BCUT2D eigenvalue weighted by Crippen LogP contribution is -2.55. The summed E-state index contributed by atoms with van der Waals surface area (Å²) in [7, 11) is 0. The maximum atomic E-state index is 12.5. The summed E-state index contributed by atoms with van der Waals surface area (Å²) < 4.78 is 144. The van der Waals surface area contributed by atoms with Crippen molar-refractivity contribution in [2.45, 2.75) is 17.8 Å². The SMILES string of the molecule is FC(F)=C(F)C(F)(F)C(F)(F)C(F)(F)C(F)=C(F)F. The summed E-state index contributed by atoms with van der Waals surface area (Å²) in [5.74, 6) is -29.6. The van der Waals surface area contributed by atoms with E-state index in [1.54, 1.807) is 0 Å². The smallest absolute Gasteiger partial charge is 0.199 e. The molecule has 0 heterocycles. The predicted molar refractivity (Wildman–Crippen MR) is 35.5 cm³/mol. The Hall–Kier alpha value is -1.36. The molecule has 0 bridgehead atoms. The van der Waals surface area contributed by atoms with Gasteiger partial charge in [0.1, 0.15) is 0 Å². The van der Waals surface area contributed by atoms with Gasteiger partial charge in [-0.1, -0.05) is 0 Å². The molecule has 0 fully saturated rings. The van der Waals surface area contributed by atoms with Crippen molar-refractivity contribution in [2.75, 3.05) is 0 Å². The standard InChI is InChI=1S/C7F12/c8-1(3(10)11)5(14,15)7(18,19)6(16,17)2(9)4(12)13. The van der Waals surface area contributed by atoms with Crippen molar-refractivity contribution in [1.82, 2.24) is 0 Å². The van der Waals surface area contributed by atoms with Gasteiger partial charge in [0.05, 0.1) is 0 Å². The summed E-state index contributed by atoms with van der Waals surface area (Å²) in [6.45, 7) is 0. The molecule has 0 saturated heterocycles. The maximum Gasteiger partial charge on any atom is 0.385 e. The number of hydrogen-bond donors (Lipinski definition) is 0. The average molecular weight is 312 g/mol. The van der Waals surface area contributed by atoms with Crippen molar-refractivity contribution in [2.24, 2.45) is 0 Å². The quantitative estimate of drug-likeness (QED) is 0.637. The van der Waals surface area contributed by atoms with Crippen LogP contribution in [-0.2, 0) is 0 Å². The Bertz CT molecular complexity index is 370. The van der Waals surface area contributed by atoms with E-state index in [9.17, 15) is 52.7 Å². The van der Waals surface area contributed by atoms with Crippen LogP contribution >= 0.6 is 0 Å². The van der Waals surface area contributed by atoms with Gasteiger partial charge in [-0.15, -0.1) is 0 Å². The van der Waals surface area contributed by atoms with Crippen molar-refractivity contribution in [3.63, 3.8) is 0 Å². The Balaban J connectivity index is 6.02. The molecule has 0 N–H and O–H groups in total. The molecule has 0 spiro atoms. The molecule has 0 unspecified atom stereocenters. The van der Waals surface area contributed by atoms with Gasteiger partial charge >= 0.3 is 29.9 Å². The van der Waals surface area contributed by atoms with Crippen LogP contribution in [-0.4, -0.2) is 17.8 Å². The third-order valence-corrected chi connectivity index (χ3v) is 1.67. The van der Waals surface area contributed by atoms with Crippen LogP contribution < -0.4 is 0 Å². The number of halogens is 12. The Labute approximate surface area is 95.5 Å². The number of rotatable bonds is 4. The molecule has 0 saturated carbocycles. The molecule has 0 nitrogen and oxygen atoms in total. The van der Waals surface area contributed by atoms with E-state index in [0.29, 0.717) is 0 Å². The Kier molecular flexibility index (Phi) is 4.61. The molecule has 0 aromatic rings. The zero-order valence-electron chi connectivity index (χ0n) is 8.04. The highest BCUT2D eigenvalue weighted by Crippen LogP contribution is 2.53. The van der Waals surface area contributed by atoms with Crippen molar-refractivity contribution >= 4 is 0 Å². The second kappa shape index (κ2) is 4.96. The third-order valence-electron chi connectivity index (χ3n) is 1.67. The van der Waals surface area contributed by atoms with Crippen LogP contribution in [0, 0.1) is 0 Å². The highest BCUT2D eigenvalue weighted by molar-refractivity contribution is 5.21. The van der Waals surface area contributed by atoms with Crippen molar-refractivity contribution in [1.29, 1.82) is 0 Å². The number of alkyl halides is 6. The second-order valence-corrected chi connectivity index (χ2v) is 2.87. The Morgan fingerprint density at radius 3 is 0.842 bits per heavy atom. The number of hydrogen-bond acceptors (Lipinski definition) is 0. The van der Waals surface area contributed by atoms with Gasteiger partial charge in [0.2, 0.25) is 11.7 Å². The van der Waals surface area contributed by atoms with Crippen LogP contribution in [0.4, 0.5) is 52.7 Å². The minimum atomic E-state index is -7.19. The van der Waals surface area contributed by atoms with Crippen molar-refractivity contribution < 1.29 is 52.7 Å². The molecule has 112 valence electrons. The van der Waals surface area contributed by atoms with Crippen molar-refractivity contribution in [3.8, 4) is 0 Å². The number of allylic oxidation sites excluding steroid dienone is 2. The third kappa shape index (κ3) is 2.66. The van der Waals surface area contributed by atoms with E-state index < -0.39 is 41.6 Å². The lowest BCUT2D eigenvalue weighted by atomic mass is 10.0. The summed E-state index contributed by atoms with van der Waals surface area (Å²) in [6, 6.07) is 0. The van der Waals surface area contributed by atoms with Gasteiger partial charge in [-0.2, -0.15) is 52.7 Å². The molecule has 0 aromatic heterocycles. The molecule has 0 aliphatic rings. The van der Waals surface area contributed by atoms with Crippen LogP contribution in [0.1, 0.15) is 0 Å².